The summed E-state index contributed by atoms with van der Waals surface area (Å²) < 4.78 is 6.34. The molecule has 1 aliphatic rings. The molecule has 3 heterocycles. The Morgan fingerprint density at radius 1 is 1.08 bits per heavy atom. The number of halogens is 2. The van der Waals surface area contributed by atoms with E-state index >= 15 is 0 Å². The van der Waals surface area contributed by atoms with Crippen molar-refractivity contribution in [3.8, 4) is 11.3 Å². The summed E-state index contributed by atoms with van der Waals surface area (Å²) in [6.07, 6.45) is 2.84. The molecule has 0 bridgehead atoms. The fourth-order valence-electron chi connectivity index (χ4n) is 4.66. The quantitative estimate of drug-likeness (QED) is 0.220. The summed E-state index contributed by atoms with van der Waals surface area (Å²) in [6.45, 7) is 2.47. The molecule has 2 aromatic carbocycles. The number of amides is 1. The first-order chi connectivity index (χ1) is 18.4. The Morgan fingerprint density at radius 2 is 1.89 bits per heavy atom. The number of nitrogens with one attached hydrogen (secondary N) is 2. The Balaban J connectivity index is 1.40. The van der Waals surface area contributed by atoms with Crippen molar-refractivity contribution in [3.05, 3.63) is 106 Å². The Labute approximate surface area is 237 Å². The molecular formula is C29H26Cl2N4O2S. The number of aromatic nitrogens is 1. The van der Waals surface area contributed by atoms with Gasteiger partial charge in [-0.1, -0.05) is 54.4 Å². The molecule has 0 aliphatic carbocycles. The smallest absolute Gasteiger partial charge is 0.226 e. The number of carbonyl (C=O) groups is 1. The fourth-order valence-corrected chi connectivity index (χ4v) is 5.29. The summed E-state index contributed by atoms with van der Waals surface area (Å²) in [6, 6.07) is 22.3. The lowest BCUT2D eigenvalue weighted by Crippen LogP contribution is -2.32. The third kappa shape index (κ3) is 5.55. The zero-order chi connectivity index (χ0) is 26.6. The SMILES string of the molecule is CCc1ccccc1NC(=O)CCN1C(=S)N[C@H](c2ccccn2)[C@@H]1c1ccc(-c2ccc(Cl)c(Cl)c2)o1. The molecular weight excluding hydrogens is 539 g/mol. The van der Waals surface area contributed by atoms with Gasteiger partial charge in [-0.05, 0) is 72.7 Å². The van der Waals surface area contributed by atoms with E-state index in [1.54, 1.807) is 18.3 Å². The van der Waals surface area contributed by atoms with Crippen LogP contribution in [0.3, 0.4) is 0 Å². The molecule has 0 radical (unpaired) electrons. The van der Waals surface area contributed by atoms with E-state index in [-0.39, 0.29) is 24.4 Å². The van der Waals surface area contributed by atoms with E-state index in [9.17, 15) is 4.79 Å². The number of carbonyl (C=O) groups excluding carboxylic acids is 1. The van der Waals surface area contributed by atoms with Crippen LogP contribution in [0.2, 0.25) is 10.0 Å². The number of rotatable bonds is 8. The average molecular weight is 566 g/mol. The van der Waals surface area contributed by atoms with Gasteiger partial charge in [-0.2, -0.15) is 0 Å². The van der Waals surface area contributed by atoms with Crippen molar-refractivity contribution in [2.45, 2.75) is 31.8 Å². The summed E-state index contributed by atoms with van der Waals surface area (Å²) in [5.74, 6) is 1.28. The first-order valence-corrected chi connectivity index (χ1v) is 13.5. The van der Waals surface area contributed by atoms with Gasteiger partial charge in [-0.3, -0.25) is 9.78 Å². The molecule has 1 fully saturated rings. The Bertz CT molecular complexity index is 1460. The first kappa shape index (κ1) is 26.2. The molecule has 1 aliphatic heterocycles. The Kier molecular flexibility index (Phi) is 7.98. The molecule has 38 heavy (non-hydrogen) atoms. The number of nitrogens with zero attached hydrogens (tertiary/aromatic N) is 2. The number of hydrogen-bond acceptors (Lipinski definition) is 4. The maximum absolute atomic E-state index is 12.9. The van der Waals surface area contributed by atoms with Gasteiger partial charge >= 0.3 is 0 Å². The van der Waals surface area contributed by atoms with E-state index in [2.05, 4.69) is 22.5 Å². The molecule has 9 heteroatoms. The summed E-state index contributed by atoms with van der Waals surface area (Å²) in [7, 11) is 0. The topological polar surface area (TPSA) is 70.4 Å². The van der Waals surface area contributed by atoms with Crippen LogP contribution in [-0.2, 0) is 11.2 Å². The summed E-state index contributed by atoms with van der Waals surface area (Å²) in [5, 5.41) is 7.91. The minimum absolute atomic E-state index is 0.0790. The van der Waals surface area contributed by atoms with Gasteiger partial charge in [0.15, 0.2) is 5.11 Å². The second kappa shape index (κ2) is 11.6. The van der Waals surface area contributed by atoms with Crippen LogP contribution in [0.5, 0.6) is 0 Å². The van der Waals surface area contributed by atoms with Crippen molar-refractivity contribution >= 4 is 52.1 Å². The van der Waals surface area contributed by atoms with Gasteiger partial charge < -0.3 is 20.0 Å². The molecule has 194 valence electrons. The zero-order valence-electron chi connectivity index (χ0n) is 20.7. The van der Waals surface area contributed by atoms with Crippen LogP contribution in [0.25, 0.3) is 11.3 Å². The van der Waals surface area contributed by atoms with Crippen molar-refractivity contribution in [2.24, 2.45) is 0 Å². The molecule has 1 saturated heterocycles. The molecule has 0 unspecified atom stereocenters. The second-order valence-corrected chi connectivity index (χ2v) is 10.2. The third-order valence-corrected chi connectivity index (χ3v) is 7.66. The standard InChI is InChI=1S/C29H26Cl2N4O2S/c1-2-18-7-3-4-8-22(18)33-26(36)14-16-35-28(27(34-29(35)38)23-9-5-6-15-32-23)25-13-12-24(37-25)19-10-11-20(30)21(31)17-19/h3-13,15,17,27-28H,2,14,16H2,1H3,(H,33,36)(H,34,38)/t27-,28+/m1/s1. The van der Waals surface area contributed by atoms with Crippen molar-refractivity contribution in [1.82, 2.24) is 15.2 Å². The minimum atomic E-state index is -0.301. The molecule has 0 spiro atoms. The molecule has 2 N–H and O–H groups in total. The van der Waals surface area contributed by atoms with Gasteiger partial charge in [0.2, 0.25) is 5.91 Å². The number of thiocarbonyl (C=S) groups is 1. The number of para-hydroxylation sites is 1. The number of hydrogen-bond donors (Lipinski definition) is 2. The number of benzene rings is 2. The summed E-state index contributed by atoms with van der Waals surface area (Å²) >= 11 is 18.1. The Morgan fingerprint density at radius 3 is 2.66 bits per heavy atom. The lowest BCUT2D eigenvalue weighted by atomic mass is 10.0. The van der Waals surface area contributed by atoms with E-state index in [0.29, 0.717) is 33.2 Å². The van der Waals surface area contributed by atoms with Gasteiger partial charge in [0.05, 0.1) is 21.8 Å². The van der Waals surface area contributed by atoms with Gasteiger partial charge in [0.25, 0.3) is 0 Å². The van der Waals surface area contributed by atoms with Crippen molar-refractivity contribution in [2.75, 3.05) is 11.9 Å². The lowest BCUT2D eigenvalue weighted by Gasteiger charge is -2.26. The van der Waals surface area contributed by atoms with Crippen LogP contribution in [0, 0.1) is 0 Å². The monoisotopic (exact) mass is 564 g/mol. The normalized spacial score (nSPS) is 16.9. The van der Waals surface area contributed by atoms with Crippen LogP contribution >= 0.6 is 35.4 Å². The van der Waals surface area contributed by atoms with E-state index in [4.69, 9.17) is 39.8 Å². The maximum Gasteiger partial charge on any atom is 0.226 e. The highest BCUT2D eigenvalue weighted by Crippen LogP contribution is 2.41. The zero-order valence-corrected chi connectivity index (χ0v) is 23.0. The third-order valence-electron chi connectivity index (χ3n) is 6.57. The highest BCUT2D eigenvalue weighted by atomic mass is 35.5. The van der Waals surface area contributed by atoms with E-state index < -0.39 is 0 Å². The molecule has 2 aromatic heterocycles. The van der Waals surface area contributed by atoms with Crippen LogP contribution in [0.4, 0.5) is 5.69 Å². The largest absolute Gasteiger partial charge is 0.459 e. The summed E-state index contributed by atoms with van der Waals surface area (Å²) in [5.41, 5.74) is 3.57. The molecule has 2 atom stereocenters. The average Bonchev–Trinajstić information content (AvgIpc) is 3.54. The van der Waals surface area contributed by atoms with Gasteiger partial charge in [-0.25, -0.2) is 0 Å². The number of pyridine rings is 1. The molecule has 0 saturated carbocycles. The minimum Gasteiger partial charge on any atom is -0.459 e. The second-order valence-electron chi connectivity index (χ2n) is 8.96. The van der Waals surface area contributed by atoms with Crippen LogP contribution in [-0.4, -0.2) is 27.4 Å². The van der Waals surface area contributed by atoms with Crippen LogP contribution in [0.1, 0.15) is 42.4 Å². The van der Waals surface area contributed by atoms with Crippen molar-refractivity contribution in [3.63, 3.8) is 0 Å². The predicted octanol–water partition coefficient (Wildman–Crippen LogP) is 7.21. The lowest BCUT2D eigenvalue weighted by molar-refractivity contribution is -0.116. The fraction of sp³-hybridized carbons (Fsp3) is 0.207. The van der Waals surface area contributed by atoms with Crippen LogP contribution < -0.4 is 10.6 Å². The van der Waals surface area contributed by atoms with E-state index in [0.717, 1.165) is 28.9 Å². The highest BCUT2D eigenvalue weighted by Gasteiger charge is 2.41. The number of aryl methyl sites for hydroxylation is 1. The van der Waals surface area contributed by atoms with Gasteiger partial charge in [0.1, 0.15) is 17.6 Å². The Hall–Kier alpha value is -3.39. The first-order valence-electron chi connectivity index (χ1n) is 12.4. The predicted molar refractivity (Wildman–Crippen MR) is 155 cm³/mol. The molecule has 1 amide bonds. The maximum atomic E-state index is 12.9. The number of anilines is 1. The van der Waals surface area contributed by atoms with E-state index in [1.165, 1.54) is 0 Å². The van der Waals surface area contributed by atoms with Crippen molar-refractivity contribution in [1.29, 1.82) is 0 Å². The van der Waals surface area contributed by atoms with Crippen molar-refractivity contribution < 1.29 is 9.21 Å². The molecule has 4 aromatic rings. The van der Waals surface area contributed by atoms with E-state index in [1.807, 2.05) is 65.6 Å². The highest BCUT2D eigenvalue weighted by molar-refractivity contribution is 7.80. The summed E-state index contributed by atoms with van der Waals surface area (Å²) in [4.78, 5) is 19.5. The molecule has 6 nitrogen and oxygen atoms in total. The molecule has 5 rings (SSSR count). The number of furan rings is 1. The van der Waals surface area contributed by atoms with Gasteiger partial charge in [-0.15, -0.1) is 0 Å². The van der Waals surface area contributed by atoms with Crippen LogP contribution in [0.15, 0.2) is 83.4 Å². The van der Waals surface area contributed by atoms with Gasteiger partial charge in [0, 0.05) is 30.4 Å².